The van der Waals surface area contributed by atoms with Crippen LogP contribution in [0.5, 0.6) is 0 Å². The van der Waals surface area contributed by atoms with Gasteiger partial charge in [-0.25, -0.2) is 0 Å². The second-order valence-corrected chi connectivity index (χ2v) is 6.48. The number of β-amino-alcohol motifs (C(OH)–C–C–N with tert-alkyl or cyclic N) is 1. The normalized spacial score (nSPS) is 15.6. The maximum absolute atomic E-state index is 12.1. The Morgan fingerprint density at radius 1 is 1.17 bits per heavy atom. The Hall–Kier alpha value is -2.17. The number of benzene rings is 2. The molecule has 24 heavy (non-hydrogen) atoms. The zero-order valence-corrected chi connectivity index (χ0v) is 14.0. The van der Waals surface area contributed by atoms with Gasteiger partial charge in [0.15, 0.2) is 0 Å². The fraction of sp³-hybridized carbons (Fsp3) is 0.350. The molecule has 4 heteroatoms. The van der Waals surface area contributed by atoms with Gasteiger partial charge >= 0.3 is 0 Å². The van der Waals surface area contributed by atoms with Crippen LogP contribution in [0, 0.1) is 6.92 Å². The molecule has 2 aromatic rings. The third kappa shape index (κ3) is 4.22. The van der Waals surface area contributed by atoms with E-state index < -0.39 is 6.10 Å². The number of amides is 1. The van der Waals surface area contributed by atoms with E-state index in [-0.39, 0.29) is 12.5 Å². The Bertz CT molecular complexity index is 697. The molecule has 0 saturated heterocycles. The van der Waals surface area contributed by atoms with E-state index in [1.54, 1.807) is 12.1 Å². The van der Waals surface area contributed by atoms with Crippen LogP contribution in [0.4, 0.5) is 0 Å². The number of carbonyl (C=O) groups excluding carboxylic acids is 1. The zero-order valence-electron chi connectivity index (χ0n) is 14.0. The molecule has 1 heterocycles. The van der Waals surface area contributed by atoms with Crippen LogP contribution in [0.25, 0.3) is 0 Å². The molecule has 2 aromatic carbocycles. The fourth-order valence-corrected chi connectivity index (χ4v) is 3.09. The van der Waals surface area contributed by atoms with Crippen molar-refractivity contribution in [3.8, 4) is 0 Å². The summed E-state index contributed by atoms with van der Waals surface area (Å²) in [4.78, 5) is 14.3. The van der Waals surface area contributed by atoms with E-state index >= 15 is 0 Å². The van der Waals surface area contributed by atoms with E-state index in [1.807, 2.05) is 19.1 Å². The van der Waals surface area contributed by atoms with Crippen molar-refractivity contribution in [3.63, 3.8) is 0 Å². The van der Waals surface area contributed by atoms with Gasteiger partial charge in [-0.2, -0.15) is 0 Å². The van der Waals surface area contributed by atoms with Gasteiger partial charge in [-0.1, -0.05) is 42.0 Å². The molecule has 1 unspecified atom stereocenters. The predicted octanol–water partition coefficient (Wildman–Crippen LogP) is 2.14. The molecule has 1 atom stereocenters. The number of aryl methyl sites for hydroxylation is 1. The summed E-state index contributed by atoms with van der Waals surface area (Å²) in [6, 6.07) is 15.9. The molecule has 0 saturated carbocycles. The van der Waals surface area contributed by atoms with Crippen molar-refractivity contribution in [1.82, 2.24) is 10.2 Å². The maximum atomic E-state index is 12.1. The summed E-state index contributed by atoms with van der Waals surface area (Å²) in [5, 5.41) is 13.0. The highest BCUT2D eigenvalue weighted by Crippen LogP contribution is 2.18. The minimum Gasteiger partial charge on any atom is -0.390 e. The van der Waals surface area contributed by atoms with Gasteiger partial charge in [0.1, 0.15) is 0 Å². The average Bonchev–Trinajstić information content (AvgIpc) is 2.60. The van der Waals surface area contributed by atoms with Gasteiger partial charge < -0.3 is 10.4 Å². The van der Waals surface area contributed by atoms with E-state index in [2.05, 4.69) is 34.5 Å². The van der Waals surface area contributed by atoms with Crippen molar-refractivity contribution in [1.29, 1.82) is 0 Å². The minimum absolute atomic E-state index is 0.141. The largest absolute Gasteiger partial charge is 0.390 e. The van der Waals surface area contributed by atoms with Crippen molar-refractivity contribution < 1.29 is 9.90 Å². The summed E-state index contributed by atoms with van der Waals surface area (Å²) < 4.78 is 0. The molecule has 0 radical (unpaired) electrons. The number of hydrogen-bond donors (Lipinski definition) is 2. The van der Waals surface area contributed by atoms with Crippen molar-refractivity contribution in [2.24, 2.45) is 0 Å². The Morgan fingerprint density at radius 2 is 1.88 bits per heavy atom. The van der Waals surface area contributed by atoms with Crippen LogP contribution in [-0.2, 0) is 13.0 Å². The lowest BCUT2D eigenvalue weighted by Gasteiger charge is -2.30. The predicted molar refractivity (Wildman–Crippen MR) is 94.9 cm³/mol. The molecule has 0 fully saturated rings. The van der Waals surface area contributed by atoms with E-state index in [0.29, 0.717) is 12.1 Å². The van der Waals surface area contributed by atoms with Gasteiger partial charge in [0.25, 0.3) is 5.91 Å². The number of hydrogen-bond acceptors (Lipinski definition) is 3. The number of nitrogens with one attached hydrogen (secondary N) is 1. The SMILES string of the molecule is Cc1ccc(C(=O)NCC(O)CN2CCc3ccccc3C2)cc1. The number of rotatable bonds is 5. The highest BCUT2D eigenvalue weighted by molar-refractivity contribution is 5.94. The fourth-order valence-electron chi connectivity index (χ4n) is 3.09. The number of carbonyl (C=O) groups is 1. The summed E-state index contributed by atoms with van der Waals surface area (Å²) in [5.74, 6) is -0.141. The van der Waals surface area contributed by atoms with Gasteiger partial charge in [-0.3, -0.25) is 9.69 Å². The molecule has 0 spiro atoms. The highest BCUT2D eigenvalue weighted by Gasteiger charge is 2.18. The Balaban J connectivity index is 1.47. The molecule has 3 rings (SSSR count). The smallest absolute Gasteiger partial charge is 0.251 e. The van der Waals surface area contributed by atoms with Crippen LogP contribution in [0.3, 0.4) is 0 Å². The quantitative estimate of drug-likeness (QED) is 0.886. The molecule has 0 aromatic heterocycles. The molecular weight excluding hydrogens is 300 g/mol. The van der Waals surface area contributed by atoms with E-state index in [9.17, 15) is 9.90 Å². The van der Waals surface area contributed by atoms with Gasteiger partial charge in [-0.15, -0.1) is 0 Å². The second kappa shape index (κ2) is 7.60. The van der Waals surface area contributed by atoms with Gasteiger partial charge in [0.2, 0.25) is 0 Å². The third-order valence-corrected chi connectivity index (χ3v) is 4.49. The minimum atomic E-state index is -0.565. The molecule has 126 valence electrons. The number of aliphatic hydroxyl groups is 1. The van der Waals surface area contributed by atoms with Gasteiger partial charge in [0.05, 0.1) is 6.10 Å². The molecule has 0 bridgehead atoms. The first-order valence-corrected chi connectivity index (χ1v) is 8.44. The summed E-state index contributed by atoms with van der Waals surface area (Å²) in [6.45, 7) is 4.63. The summed E-state index contributed by atoms with van der Waals surface area (Å²) >= 11 is 0. The molecule has 1 aliphatic heterocycles. The summed E-state index contributed by atoms with van der Waals surface area (Å²) in [5.41, 5.74) is 4.48. The van der Waals surface area contributed by atoms with Crippen LogP contribution >= 0.6 is 0 Å². The summed E-state index contributed by atoms with van der Waals surface area (Å²) in [7, 11) is 0. The summed E-state index contributed by atoms with van der Waals surface area (Å²) in [6.07, 6.45) is 0.447. The Kier molecular flexibility index (Phi) is 5.28. The van der Waals surface area contributed by atoms with Crippen LogP contribution in [-0.4, -0.2) is 41.7 Å². The van der Waals surface area contributed by atoms with Crippen LogP contribution in [0.1, 0.15) is 27.0 Å². The van der Waals surface area contributed by atoms with Crippen molar-refractivity contribution in [3.05, 3.63) is 70.8 Å². The number of fused-ring (bicyclic) bond motifs is 1. The second-order valence-electron chi connectivity index (χ2n) is 6.48. The standard InChI is InChI=1S/C20H24N2O2/c1-15-6-8-17(9-7-15)20(24)21-12-19(23)14-22-11-10-16-4-2-3-5-18(16)13-22/h2-9,19,23H,10-14H2,1H3,(H,21,24). The first-order chi connectivity index (χ1) is 11.6. The van der Waals surface area contributed by atoms with E-state index in [0.717, 1.165) is 25.1 Å². The average molecular weight is 324 g/mol. The Morgan fingerprint density at radius 3 is 2.62 bits per heavy atom. The molecular formula is C20H24N2O2. The number of aliphatic hydroxyl groups excluding tert-OH is 1. The molecule has 1 aliphatic rings. The molecule has 4 nitrogen and oxygen atoms in total. The molecule has 1 amide bonds. The zero-order chi connectivity index (χ0) is 16.9. The topological polar surface area (TPSA) is 52.6 Å². The monoisotopic (exact) mass is 324 g/mol. The highest BCUT2D eigenvalue weighted by atomic mass is 16.3. The van der Waals surface area contributed by atoms with Gasteiger partial charge in [-0.05, 0) is 36.6 Å². The lowest BCUT2D eigenvalue weighted by atomic mass is 10.00. The first kappa shape index (κ1) is 16.7. The van der Waals surface area contributed by atoms with E-state index in [1.165, 1.54) is 11.1 Å². The van der Waals surface area contributed by atoms with Crippen molar-refractivity contribution in [2.75, 3.05) is 19.6 Å². The van der Waals surface area contributed by atoms with E-state index in [4.69, 9.17) is 0 Å². The lowest BCUT2D eigenvalue weighted by Crippen LogP contribution is -2.42. The van der Waals surface area contributed by atoms with Crippen LogP contribution in [0.15, 0.2) is 48.5 Å². The lowest BCUT2D eigenvalue weighted by molar-refractivity contribution is 0.0842. The first-order valence-electron chi connectivity index (χ1n) is 8.44. The van der Waals surface area contributed by atoms with Crippen LogP contribution < -0.4 is 5.32 Å². The molecule has 0 aliphatic carbocycles. The Labute approximate surface area is 143 Å². The van der Waals surface area contributed by atoms with Crippen molar-refractivity contribution in [2.45, 2.75) is 26.0 Å². The van der Waals surface area contributed by atoms with Gasteiger partial charge in [0, 0.05) is 31.7 Å². The third-order valence-electron chi connectivity index (χ3n) is 4.49. The van der Waals surface area contributed by atoms with Crippen LogP contribution in [0.2, 0.25) is 0 Å². The van der Waals surface area contributed by atoms with Crippen molar-refractivity contribution >= 4 is 5.91 Å². The number of nitrogens with zero attached hydrogens (tertiary/aromatic N) is 1. The molecule has 2 N–H and O–H groups in total. The maximum Gasteiger partial charge on any atom is 0.251 e.